The molecule has 0 aliphatic heterocycles. The first-order valence-electron chi connectivity index (χ1n) is 5.83. The second-order valence-electron chi connectivity index (χ2n) is 4.60. The Morgan fingerprint density at radius 2 is 1.60 bits per heavy atom. The highest BCUT2D eigenvalue weighted by Crippen LogP contribution is 2.18. The Bertz CT molecular complexity index is 274. The van der Waals surface area contributed by atoms with Gasteiger partial charge in [-0.25, -0.2) is 0 Å². The predicted molar refractivity (Wildman–Crippen MR) is 71.7 cm³/mol. The van der Waals surface area contributed by atoms with E-state index in [4.69, 9.17) is 0 Å². The van der Waals surface area contributed by atoms with Gasteiger partial charge in [0.15, 0.2) is 0 Å². The van der Waals surface area contributed by atoms with Crippen molar-refractivity contribution < 1.29 is 0 Å². The van der Waals surface area contributed by atoms with Crippen LogP contribution in [0, 0.1) is 5.92 Å². The molecule has 1 aromatic rings. The number of halogens is 1. The number of hydrogen-bond acceptors (Lipinski definition) is 0. The molecule has 0 aliphatic rings. The van der Waals surface area contributed by atoms with Crippen molar-refractivity contribution in [3.8, 4) is 0 Å². The van der Waals surface area contributed by atoms with Gasteiger partial charge in [0, 0.05) is 4.83 Å². The topological polar surface area (TPSA) is 0 Å². The molecule has 1 heteroatoms. The maximum absolute atomic E-state index is 3.75. The fourth-order valence-corrected chi connectivity index (χ4v) is 2.88. The molecule has 0 N–H and O–H groups in total. The fraction of sp³-hybridized carbons (Fsp3) is 0.571. The van der Waals surface area contributed by atoms with Crippen LogP contribution in [-0.4, -0.2) is 4.83 Å². The third-order valence-electron chi connectivity index (χ3n) is 2.62. The third-order valence-corrected chi connectivity index (χ3v) is 3.31. The van der Waals surface area contributed by atoms with Crippen LogP contribution >= 0.6 is 15.9 Å². The van der Waals surface area contributed by atoms with Gasteiger partial charge in [-0.05, 0) is 36.3 Å². The molecule has 1 rings (SSSR count). The quantitative estimate of drug-likeness (QED) is 0.685. The summed E-state index contributed by atoms with van der Waals surface area (Å²) >= 11 is 3.75. The van der Waals surface area contributed by atoms with Gasteiger partial charge in [0.2, 0.25) is 0 Å². The molecule has 0 bridgehead atoms. The average Bonchev–Trinajstić information content (AvgIpc) is 2.17. The number of hydrogen-bond donors (Lipinski definition) is 0. The lowest BCUT2D eigenvalue weighted by Gasteiger charge is -2.12. The van der Waals surface area contributed by atoms with Crippen LogP contribution in [0.5, 0.6) is 0 Å². The van der Waals surface area contributed by atoms with Crippen LogP contribution in [0.4, 0.5) is 0 Å². The van der Waals surface area contributed by atoms with Crippen molar-refractivity contribution in [1.82, 2.24) is 0 Å². The van der Waals surface area contributed by atoms with E-state index in [9.17, 15) is 0 Å². The van der Waals surface area contributed by atoms with E-state index >= 15 is 0 Å². The number of benzene rings is 1. The zero-order valence-electron chi connectivity index (χ0n) is 9.96. The molecule has 15 heavy (non-hydrogen) atoms. The van der Waals surface area contributed by atoms with Crippen LogP contribution in [0.2, 0.25) is 0 Å². The van der Waals surface area contributed by atoms with Gasteiger partial charge in [0.1, 0.15) is 0 Å². The molecule has 1 atom stereocenters. The summed E-state index contributed by atoms with van der Waals surface area (Å²) in [7, 11) is 0. The largest absolute Gasteiger partial charge is 0.0887 e. The van der Waals surface area contributed by atoms with E-state index in [-0.39, 0.29) is 0 Å². The Labute approximate surface area is 102 Å². The molecule has 0 saturated carbocycles. The monoisotopic (exact) mass is 268 g/mol. The van der Waals surface area contributed by atoms with Gasteiger partial charge in [-0.15, -0.1) is 0 Å². The van der Waals surface area contributed by atoms with Crippen LogP contribution in [0.15, 0.2) is 24.3 Å². The second-order valence-corrected chi connectivity index (χ2v) is 5.90. The predicted octanol–water partition coefficient (Wildman–Crippen LogP) is 4.60. The minimum atomic E-state index is 0.616. The Morgan fingerprint density at radius 1 is 1.07 bits per heavy atom. The summed E-state index contributed by atoms with van der Waals surface area (Å²) < 4.78 is 0. The zero-order valence-corrected chi connectivity index (χ0v) is 11.5. The van der Waals surface area contributed by atoms with E-state index in [1.807, 2.05) is 0 Å². The molecule has 84 valence electrons. The van der Waals surface area contributed by atoms with Crippen molar-refractivity contribution >= 4 is 15.9 Å². The van der Waals surface area contributed by atoms with Gasteiger partial charge in [-0.2, -0.15) is 0 Å². The van der Waals surface area contributed by atoms with Crippen LogP contribution < -0.4 is 0 Å². The molecule has 1 aromatic carbocycles. The van der Waals surface area contributed by atoms with Crippen molar-refractivity contribution in [2.45, 2.75) is 44.9 Å². The summed E-state index contributed by atoms with van der Waals surface area (Å²) in [5.41, 5.74) is 2.86. The van der Waals surface area contributed by atoms with Gasteiger partial charge in [0.05, 0.1) is 0 Å². The van der Waals surface area contributed by atoms with Crippen molar-refractivity contribution in [3.63, 3.8) is 0 Å². The van der Waals surface area contributed by atoms with E-state index < -0.39 is 0 Å². The lowest BCUT2D eigenvalue weighted by Crippen LogP contribution is -2.06. The Kier molecular flexibility index (Phi) is 5.38. The summed E-state index contributed by atoms with van der Waals surface area (Å²) in [6.07, 6.45) is 3.52. The smallest absolute Gasteiger partial charge is 0.0188 e. The van der Waals surface area contributed by atoms with Crippen molar-refractivity contribution in [2.24, 2.45) is 5.92 Å². The number of rotatable bonds is 5. The van der Waals surface area contributed by atoms with Crippen molar-refractivity contribution in [1.29, 1.82) is 0 Å². The minimum Gasteiger partial charge on any atom is -0.0887 e. The molecule has 0 saturated heterocycles. The van der Waals surface area contributed by atoms with Gasteiger partial charge < -0.3 is 0 Å². The van der Waals surface area contributed by atoms with Crippen LogP contribution in [0.1, 0.15) is 38.3 Å². The van der Waals surface area contributed by atoms with E-state index in [1.165, 1.54) is 17.5 Å². The molecule has 1 unspecified atom stereocenters. The summed E-state index contributed by atoms with van der Waals surface area (Å²) in [4.78, 5) is 0.616. The van der Waals surface area contributed by atoms with Crippen molar-refractivity contribution in [2.75, 3.05) is 0 Å². The number of aryl methyl sites for hydroxylation is 1. The van der Waals surface area contributed by atoms with Gasteiger partial charge >= 0.3 is 0 Å². The molecule has 0 nitrogen and oxygen atoms in total. The molecule has 0 radical (unpaired) electrons. The van der Waals surface area contributed by atoms with E-state index in [2.05, 4.69) is 61.0 Å². The Hall–Kier alpha value is -0.300. The van der Waals surface area contributed by atoms with E-state index in [0.29, 0.717) is 4.83 Å². The summed E-state index contributed by atoms with van der Waals surface area (Å²) in [6.45, 7) is 6.74. The van der Waals surface area contributed by atoms with Crippen LogP contribution in [0.3, 0.4) is 0 Å². The summed E-state index contributed by atoms with van der Waals surface area (Å²) in [5.74, 6) is 0.768. The Morgan fingerprint density at radius 3 is 2.07 bits per heavy atom. The number of alkyl halides is 1. The minimum absolute atomic E-state index is 0.616. The van der Waals surface area contributed by atoms with Gasteiger partial charge in [-0.3, -0.25) is 0 Å². The highest BCUT2D eigenvalue weighted by Gasteiger charge is 2.07. The highest BCUT2D eigenvalue weighted by molar-refractivity contribution is 9.09. The maximum atomic E-state index is 3.75. The van der Waals surface area contributed by atoms with Crippen LogP contribution in [-0.2, 0) is 12.8 Å². The molecule has 0 aromatic heterocycles. The van der Waals surface area contributed by atoms with Gasteiger partial charge in [0.25, 0.3) is 0 Å². The first kappa shape index (κ1) is 12.8. The molecule has 0 spiro atoms. The molecule has 0 fully saturated rings. The fourth-order valence-electron chi connectivity index (χ4n) is 1.76. The van der Waals surface area contributed by atoms with E-state index in [0.717, 1.165) is 18.8 Å². The normalized spacial score (nSPS) is 13.1. The third kappa shape index (κ3) is 4.83. The zero-order chi connectivity index (χ0) is 11.3. The molecule has 0 aliphatic carbocycles. The second kappa shape index (κ2) is 6.32. The highest BCUT2D eigenvalue weighted by atomic mass is 79.9. The van der Waals surface area contributed by atoms with E-state index in [1.54, 1.807) is 0 Å². The average molecular weight is 269 g/mol. The van der Waals surface area contributed by atoms with Gasteiger partial charge in [-0.1, -0.05) is 61.0 Å². The molecule has 0 heterocycles. The Balaban J connectivity index is 2.49. The first-order chi connectivity index (χ1) is 7.11. The van der Waals surface area contributed by atoms with Crippen molar-refractivity contribution in [3.05, 3.63) is 35.4 Å². The standard InChI is InChI=1S/C14H21Br/c1-4-12-5-7-13(8-6-12)10-14(15)9-11(2)3/h5-8,11,14H,4,9-10H2,1-3H3. The summed E-state index contributed by atoms with van der Waals surface area (Å²) in [6, 6.07) is 9.00. The lowest BCUT2D eigenvalue weighted by atomic mass is 10.0. The SMILES string of the molecule is CCc1ccc(CC(Br)CC(C)C)cc1. The first-order valence-corrected chi connectivity index (χ1v) is 6.75. The molecule has 0 amide bonds. The lowest BCUT2D eigenvalue weighted by molar-refractivity contribution is 0.571. The van der Waals surface area contributed by atoms with Crippen LogP contribution in [0.25, 0.3) is 0 Å². The molecular formula is C14H21Br. The summed E-state index contributed by atoms with van der Waals surface area (Å²) in [5, 5.41) is 0. The maximum Gasteiger partial charge on any atom is 0.0188 e. The molecular weight excluding hydrogens is 248 g/mol.